The molecule has 0 saturated heterocycles. The summed E-state index contributed by atoms with van der Waals surface area (Å²) < 4.78 is 14.3. The summed E-state index contributed by atoms with van der Waals surface area (Å²) in [6.45, 7) is 0.515. The molecule has 2 heterocycles. The average molecular weight is 479 g/mol. The first kappa shape index (κ1) is 23.4. The molecule has 2 aromatic carbocycles. The van der Waals surface area contributed by atoms with Crippen molar-refractivity contribution in [1.29, 1.82) is 0 Å². The molecule has 7 nitrogen and oxygen atoms in total. The third kappa shape index (κ3) is 4.65. The SMILES string of the molecule is COc1ccc(CCN(C)C(=O)c2cc(-c3cccn3C)nn2-c2ccccc2Cl)cc1OC. The van der Waals surface area contributed by atoms with Crippen molar-refractivity contribution < 1.29 is 14.3 Å². The minimum atomic E-state index is -0.145. The maximum absolute atomic E-state index is 13.5. The van der Waals surface area contributed by atoms with Crippen LogP contribution >= 0.6 is 11.6 Å². The van der Waals surface area contributed by atoms with Gasteiger partial charge in [0.05, 0.1) is 30.6 Å². The second-order valence-corrected chi connectivity index (χ2v) is 8.36. The number of carbonyl (C=O) groups is 1. The van der Waals surface area contributed by atoms with E-state index in [1.54, 1.807) is 36.9 Å². The van der Waals surface area contributed by atoms with Crippen molar-refractivity contribution in [3.05, 3.63) is 83.1 Å². The Balaban J connectivity index is 1.62. The molecule has 4 aromatic rings. The summed E-state index contributed by atoms with van der Waals surface area (Å²) in [6.07, 6.45) is 2.61. The van der Waals surface area contributed by atoms with Crippen LogP contribution < -0.4 is 9.47 Å². The van der Waals surface area contributed by atoms with E-state index in [9.17, 15) is 4.79 Å². The maximum Gasteiger partial charge on any atom is 0.272 e. The van der Waals surface area contributed by atoms with E-state index < -0.39 is 0 Å². The molecule has 0 spiro atoms. The Morgan fingerprint density at radius 1 is 1.03 bits per heavy atom. The predicted molar refractivity (Wildman–Crippen MR) is 133 cm³/mol. The highest BCUT2D eigenvalue weighted by Crippen LogP contribution is 2.28. The van der Waals surface area contributed by atoms with Gasteiger partial charge in [-0.05, 0) is 54.4 Å². The van der Waals surface area contributed by atoms with Crippen LogP contribution in [-0.2, 0) is 13.5 Å². The number of aryl methyl sites for hydroxylation is 1. The summed E-state index contributed by atoms with van der Waals surface area (Å²) >= 11 is 6.46. The van der Waals surface area contributed by atoms with Gasteiger partial charge in [-0.25, -0.2) is 4.68 Å². The molecular weight excluding hydrogens is 452 g/mol. The summed E-state index contributed by atoms with van der Waals surface area (Å²) in [5.74, 6) is 1.19. The molecular formula is C26H27ClN4O3. The van der Waals surface area contributed by atoms with Gasteiger partial charge in [0, 0.05) is 26.8 Å². The largest absolute Gasteiger partial charge is 0.493 e. The Bertz CT molecular complexity index is 1310. The Labute approximate surface area is 204 Å². The molecule has 1 amide bonds. The molecule has 0 radical (unpaired) electrons. The zero-order valence-corrected chi connectivity index (χ0v) is 20.4. The number of nitrogens with zero attached hydrogens (tertiary/aromatic N) is 4. The number of para-hydroxylation sites is 1. The molecule has 0 aliphatic rings. The fourth-order valence-corrected chi connectivity index (χ4v) is 4.04. The first-order chi connectivity index (χ1) is 16.4. The van der Waals surface area contributed by atoms with E-state index in [1.165, 1.54) is 0 Å². The van der Waals surface area contributed by atoms with E-state index in [-0.39, 0.29) is 5.91 Å². The van der Waals surface area contributed by atoms with E-state index >= 15 is 0 Å². The number of carbonyl (C=O) groups excluding carboxylic acids is 1. The van der Waals surface area contributed by atoms with Gasteiger partial charge in [0.25, 0.3) is 5.91 Å². The quantitative estimate of drug-likeness (QED) is 0.363. The summed E-state index contributed by atoms with van der Waals surface area (Å²) in [6, 6.07) is 18.9. The monoisotopic (exact) mass is 478 g/mol. The Morgan fingerprint density at radius 2 is 1.79 bits per heavy atom. The molecule has 0 aliphatic carbocycles. The highest BCUT2D eigenvalue weighted by Gasteiger charge is 2.22. The number of methoxy groups -OCH3 is 2. The Kier molecular flexibility index (Phi) is 6.93. The Morgan fingerprint density at radius 3 is 2.47 bits per heavy atom. The van der Waals surface area contributed by atoms with Crippen LogP contribution in [-0.4, -0.2) is 53.0 Å². The number of hydrogen-bond acceptors (Lipinski definition) is 4. The van der Waals surface area contributed by atoms with Gasteiger partial charge in [-0.1, -0.05) is 29.8 Å². The minimum absolute atomic E-state index is 0.145. The van der Waals surface area contributed by atoms with Crippen LogP contribution in [0.15, 0.2) is 66.9 Å². The predicted octanol–water partition coefficient (Wildman–Crippen LogP) is 4.86. The van der Waals surface area contributed by atoms with Crippen molar-refractivity contribution in [2.24, 2.45) is 7.05 Å². The fourth-order valence-electron chi connectivity index (χ4n) is 3.82. The molecule has 0 fully saturated rings. The van der Waals surface area contributed by atoms with Gasteiger partial charge in [-0.15, -0.1) is 0 Å². The van der Waals surface area contributed by atoms with Crippen LogP contribution in [0.25, 0.3) is 17.1 Å². The van der Waals surface area contributed by atoms with Gasteiger partial charge in [-0.3, -0.25) is 4.79 Å². The van der Waals surface area contributed by atoms with E-state index in [0.29, 0.717) is 46.6 Å². The summed E-state index contributed by atoms with van der Waals surface area (Å²) in [5, 5.41) is 5.26. The number of ether oxygens (including phenoxy) is 2. The van der Waals surface area contributed by atoms with Crippen molar-refractivity contribution in [3.8, 4) is 28.6 Å². The van der Waals surface area contributed by atoms with Gasteiger partial charge in [0.2, 0.25) is 0 Å². The molecule has 0 N–H and O–H groups in total. The maximum atomic E-state index is 13.5. The van der Waals surface area contributed by atoms with Crippen molar-refractivity contribution in [1.82, 2.24) is 19.2 Å². The fraction of sp³-hybridized carbons (Fsp3) is 0.231. The number of benzene rings is 2. The third-order valence-corrected chi connectivity index (χ3v) is 6.07. The smallest absolute Gasteiger partial charge is 0.272 e. The lowest BCUT2D eigenvalue weighted by molar-refractivity contribution is 0.0787. The van der Waals surface area contributed by atoms with Gasteiger partial charge in [-0.2, -0.15) is 5.10 Å². The van der Waals surface area contributed by atoms with Gasteiger partial charge in [0.15, 0.2) is 11.5 Å². The lowest BCUT2D eigenvalue weighted by atomic mass is 10.1. The molecule has 0 saturated carbocycles. The lowest BCUT2D eigenvalue weighted by Crippen LogP contribution is -2.30. The number of rotatable bonds is 8. The van der Waals surface area contributed by atoms with Gasteiger partial charge < -0.3 is 18.9 Å². The number of amides is 1. The molecule has 34 heavy (non-hydrogen) atoms. The van der Waals surface area contributed by atoms with Crippen LogP contribution in [0.5, 0.6) is 11.5 Å². The van der Waals surface area contributed by atoms with Crippen LogP contribution in [0.3, 0.4) is 0 Å². The molecule has 8 heteroatoms. The van der Waals surface area contributed by atoms with Gasteiger partial charge >= 0.3 is 0 Å². The highest BCUT2D eigenvalue weighted by molar-refractivity contribution is 6.32. The minimum Gasteiger partial charge on any atom is -0.493 e. The molecule has 0 atom stereocenters. The number of hydrogen-bond donors (Lipinski definition) is 0. The van der Waals surface area contributed by atoms with Crippen molar-refractivity contribution >= 4 is 17.5 Å². The van der Waals surface area contributed by atoms with E-state index in [2.05, 4.69) is 0 Å². The highest BCUT2D eigenvalue weighted by atomic mass is 35.5. The van der Waals surface area contributed by atoms with Crippen molar-refractivity contribution in [3.63, 3.8) is 0 Å². The molecule has 176 valence electrons. The first-order valence-corrected chi connectivity index (χ1v) is 11.2. The lowest BCUT2D eigenvalue weighted by Gasteiger charge is -2.18. The van der Waals surface area contributed by atoms with Crippen molar-refractivity contribution in [2.45, 2.75) is 6.42 Å². The van der Waals surface area contributed by atoms with Crippen molar-refractivity contribution in [2.75, 3.05) is 27.8 Å². The second kappa shape index (κ2) is 10.1. The molecule has 0 unspecified atom stereocenters. The average Bonchev–Trinajstić information content (AvgIpc) is 3.48. The van der Waals surface area contributed by atoms with Crippen LogP contribution in [0.4, 0.5) is 0 Å². The summed E-state index contributed by atoms with van der Waals surface area (Å²) in [4.78, 5) is 15.2. The van der Waals surface area contributed by atoms with Gasteiger partial charge in [0.1, 0.15) is 11.4 Å². The number of likely N-dealkylation sites (N-methyl/N-ethyl adjacent to an activating group) is 1. The molecule has 0 aliphatic heterocycles. The third-order valence-electron chi connectivity index (χ3n) is 5.75. The standard InChI is InChI=1S/C26H27ClN4O3/c1-29-14-7-10-22(29)20-17-23(31(28-20)21-9-6-5-8-19(21)27)26(32)30(2)15-13-18-11-12-24(33-3)25(16-18)34-4/h5-12,14,16-17H,13,15H2,1-4H3. The molecule has 2 aromatic heterocycles. The zero-order valence-electron chi connectivity index (χ0n) is 19.7. The zero-order chi connectivity index (χ0) is 24.2. The number of halogens is 1. The first-order valence-electron chi connectivity index (χ1n) is 10.9. The van der Waals surface area contributed by atoms with Crippen LogP contribution in [0, 0.1) is 0 Å². The number of aromatic nitrogens is 3. The second-order valence-electron chi connectivity index (χ2n) is 7.95. The normalized spacial score (nSPS) is 10.9. The van der Waals surface area contributed by atoms with E-state index in [0.717, 1.165) is 11.3 Å². The summed E-state index contributed by atoms with van der Waals surface area (Å²) in [7, 11) is 6.95. The van der Waals surface area contributed by atoms with E-state index in [1.807, 2.05) is 72.4 Å². The van der Waals surface area contributed by atoms with Crippen LogP contribution in [0.1, 0.15) is 16.1 Å². The molecule has 0 bridgehead atoms. The Hall–Kier alpha value is -3.71. The van der Waals surface area contributed by atoms with E-state index in [4.69, 9.17) is 26.2 Å². The topological polar surface area (TPSA) is 61.5 Å². The molecule has 4 rings (SSSR count). The summed E-state index contributed by atoms with van der Waals surface area (Å²) in [5.41, 5.74) is 3.75. The van der Waals surface area contributed by atoms with Crippen LogP contribution in [0.2, 0.25) is 5.02 Å².